The summed E-state index contributed by atoms with van der Waals surface area (Å²) in [6, 6.07) is 19.8. The predicted molar refractivity (Wildman–Crippen MR) is 147 cm³/mol. The Hall–Kier alpha value is -4.02. The summed E-state index contributed by atoms with van der Waals surface area (Å²) in [5, 5.41) is 8.10. The third-order valence-electron chi connectivity index (χ3n) is 5.22. The number of aromatic nitrogens is 1. The molecule has 1 aromatic heterocycles. The lowest BCUT2D eigenvalue weighted by atomic mass is 10.1. The first-order valence-corrected chi connectivity index (χ1v) is 13.0. The third-order valence-corrected chi connectivity index (χ3v) is 6.98. The van der Waals surface area contributed by atoms with Crippen molar-refractivity contribution in [3.05, 3.63) is 77.7 Å². The summed E-state index contributed by atoms with van der Waals surface area (Å²) >= 11 is 2.71. The zero-order chi connectivity index (χ0) is 26.2. The molecule has 0 saturated heterocycles. The first-order valence-electron chi connectivity index (χ1n) is 11.1. The van der Waals surface area contributed by atoms with Crippen LogP contribution in [0.25, 0.3) is 11.3 Å². The summed E-state index contributed by atoms with van der Waals surface area (Å²) in [5.41, 5.74) is 2.72. The molecule has 4 rings (SSSR count). The fourth-order valence-corrected chi connectivity index (χ4v) is 4.89. The third kappa shape index (κ3) is 6.81. The van der Waals surface area contributed by atoms with Gasteiger partial charge >= 0.3 is 0 Å². The second-order valence-corrected chi connectivity index (χ2v) is 9.57. The minimum atomic E-state index is -0.243. The number of thiazole rings is 1. The second-order valence-electron chi connectivity index (χ2n) is 7.66. The van der Waals surface area contributed by atoms with E-state index in [1.807, 2.05) is 41.8 Å². The van der Waals surface area contributed by atoms with Gasteiger partial charge < -0.3 is 24.8 Å². The molecule has 4 aromatic rings. The number of amides is 2. The summed E-state index contributed by atoms with van der Waals surface area (Å²) in [6.07, 6.45) is 0. The fourth-order valence-electron chi connectivity index (χ4n) is 3.39. The van der Waals surface area contributed by atoms with Gasteiger partial charge in [-0.1, -0.05) is 12.1 Å². The van der Waals surface area contributed by atoms with Crippen LogP contribution in [0.1, 0.15) is 10.4 Å². The maximum atomic E-state index is 12.6. The number of benzene rings is 3. The molecule has 10 heteroatoms. The van der Waals surface area contributed by atoms with Gasteiger partial charge in [0.05, 0.1) is 32.8 Å². The highest BCUT2D eigenvalue weighted by Crippen LogP contribution is 2.33. The molecule has 1 heterocycles. The Morgan fingerprint density at radius 1 is 0.892 bits per heavy atom. The van der Waals surface area contributed by atoms with Crippen molar-refractivity contribution in [3.8, 4) is 28.5 Å². The Morgan fingerprint density at radius 3 is 2.49 bits per heavy atom. The molecule has 0 saturated carbocycles. The fraction of sp³-hybridized carbons (Fsp3) is 0.148. The molecule has 3 aromatic carbocycles. The zero-order valence-electron chi connectivity index (χ0n) is 20.4. The minimum Gasteiger partial charge on any atom is -0.497 e. The van der Waals surface area contributed by atoms with E-state index in [0.29, 0.717) is 33.6 Å². The number of ether oxygens (including phenoxy) is 3. The molecule has 0 unspecified atom stereocenters. The van der Waals surface area contributed by atoms with E-state index in [1.54, 1.807) is 51.7 Å². The molecule has 0 spiro atoms. The number of thioether (sulfide) groups is 1. The average molecular weight is 536 g/mol. The molecule has 0 fully saturated rings. The monoisotopic (exact) mass is 535 g/mol. The molecule has 2 N–H and O–H groups in total. The Balaban J connectivity index is 1.33. The summed E-state index contributed by atoms with van der Waals surface area (Å²) in [6.45, 7) is 0. The quantitative estimate of drug-likeness (QED) is 0.247. The van der Waals surface area contributed by atoms with E-state index >= 15 is 0 Å². The molecule has 0 radical (unpaired) electrons. The van der Waals surface area contributed by atoms with Crippen LogP contribution in [0.4, 0.5) is 10.8 Å². The van der Waals surface area contributed by atoms with Gasteiger partial charge in [-0.25, -0.2) is 4.98 Å². The van der Waals surface area contributed by atoms with E-state index in [2.05, 4.69) is 15.6 Å². The van der Waals surface area contributed by atoms with Gasteiger partial charge in [-0.15, -0.1) is 23.1 Å². The molecule has 190 valence electrons. The van der Waals surface area contributed by atoms with Crippen molar-refractivity contribution in [3.63, 3.8) is 0 Å². The van der Waals surface area contributed by atoms with Crippen molar-refractivity contribution in [2.24, 2.45) is 0 Å². The van der Waals surface area contributed by atoms with Crippen molar-refractivity contribution in [2.75, 3.05) is 37.7 Å². The smallest absolute Gasteiger partial charge is 0.255 e. The van der Waals surface area contributed by atoms with Gasteiger partial charge in [-0.05, 0) is 54.6 Å². The normalized spacial score (nSPS) is 10.5. The lowest BCUT2D eigenvalue weighted by Gasteiger charge is -2.09. The molecule has 0 aliphatic carbocycles. The van der Waals surface area contributed by atoms with Crippen LogP contribution in [0.15, 0.2) is 77.0 Å². The highest BCUT2D eigenvalue weighted by atomic mass is 32.2. The van der Waals surface area contributed by atoms with Gasteiger partial charge in [0.25, 0.3) is 5.91 Å². The number of hydrogen-bond donors (Lipinski definition) is 2. The topological polar surface area (TPSA) is 98.8 Å². The number of anilines is 2. The summed E-state index contributed by atoms with van der Waals surface area (Å²) in [4.78, 5) is 30.5. The van der Waals surface area contributed by atoms with Crippen molar-refractivity contribution < 1.29 is 23.8 Å². The van der Waals surface area contributed by atoms with Crippen LogP contribution in [-0.4, -0.2) is 43.9 Å². The van der Waals surface area contributed by atoms with Gasteiger partial charge in [0.15, 0.2) is 16.6 Å². The van der Waals surface area contributed by atoms with Crippen LogP contribution >= 0.6 is 23.1 Å². The Labute approximate surface area is 223 Å². The average Bonchev–Trinajstić information content (AvgIpc) is 3.40. The highest BCUT2D eigenvalue weighted by molar-refractivity contribution is 8.00. The van der Waals surface area contributed by atoms with Crippen LogP contribution < -0.4 is 24.8 Å². The summed E-state index contributed by atoms with van der Waals surface area (Å²) in [7, 11) is 4.72. The van der Waals surface area contributed by atoms with Crippen molar-refractivity contribution in [2.45, 2.75) is 4.90 Å². The zero-order valence-corrected chi connectivity index (χ0v) is 22.1. The van der Waals surface area contributed by atoms with Crippen LogP contribution in [0.3, 0.4) is 0 Å². The minimum absolute atomic E-state index is 0.177. The molecule has 37 heavy (non-hydrogen) atoms. The number of carbonyl (C=O) groups is 2. The molecular formula is C27H25N3O5S2. The number of nitrogens with zero attached hydrogens (tertiary/aromatic N) is 1. The maximum absolute atomic E-state index is 12.6. The standard InChI is InChI=1S/C27H25N3O5S2/c1-33-20-8-4-6-18(12-20)26(32)28-19-7-5-9-21(14-19)36-16-25(31)30-27-29-22(15-37-27)17-10-11-23(34-2)24(13-17)35-3/h4-15H,16H2,1-3H3,(H,28,32)(H,29,30,31). The van der Waals surface area contributed by atoms with E-state index in [0.717, 1.165) is 16.2 Å². The van der Waals surface area contributed by atoms with Crippen LogP contribution in [-0.2, 0) is 4.79 Å². The van der Waals surface area contributed by atoms with E-state index in [1.165, 1.54) is 23.1 Å². The van der Waals surface area contributed by atoms with E-state index in [4.69, 9.17) is 14.2 Å². The molecule has 0 bridgehead atoms. The molecule has 2 amide bonds. The molecule has 0 atom stereocenters. The number of methoxy groups -OCH3 is 3. The Bertz CT molecular complexity index is 1410. The van der Waals surface area contributed by atoms with Gasteiger partial charge in [-0.3, -0.25) is 9.59 Å². The Morgan fingerprint density at radius 2 is 1.70 bits per heavy atom. The summed E-state index contributed by atoms with van der Waals surface area (Å²) in [5.74, 6) is 1.63. The number of nitrogens with one attached hydrogen (secondary N) is 2. The van der Waals surface area contributed by atoms with Crippen molar-refractivity contribution in [1.29, 1.82) is 0 Å². The molecule has 0 aliphatic heterocycles. The first-order chi connectivity index (χ1) is 18.0. The first kappa shape index (κ1) is 26.1. The van der Waals surface area contributed by atoms with Crippen molar-refractivity contribution in [1.82, 2.24) is 4.98 Å². The lowest BCUT2D eigenvalue weighted by molar-refractivity contribution is -0.113. The largest absolute Gasteiger partial charge is 0.497 e. The van der Waals surface area contributed by atoms with E-state index in [9.17, 15) is 9.59 Å². The van der Waals surface area contributed by atoms with Crippen LogP contribution in [0.5, 0.6) is 17.2 Å². The van der Waals surface area contributed by atoms with Gasteiger partial charge in [0.1, 0.15) is 5.75 Å². The summed E-state index contributed by atoms with van der Waals surface area (Å²) < 4.78 is 15.8. The molecule has 8 nitrogen and oxygen atoms in total. The number of hydrogen-bond acceptors (Lipinski definition) is 8. The Kier molecular flexibility index (Phi) is 8.65. The van der Waals surface area contributed by atoms with E-state index < -0.39 is 0 Å². The number of rotatable bonds is 10. The van der Waals surface area contributed by atoms with Crippen LogP contribution in [0, 0.1) is 0 Å². The highest BCUT2D eigenvalue weighted by Gasteiger charge is 2.12. The van der Waals surface area contributed by atoms with Gasteiger partial charge in [-0.2, -0.15) is 0 Å². The predicted octanol–water partition coefficient (Wildman–Crippen LogP) is 5.82. The van der Waals surface area contributed by atoms with Crippen molar-refractivity contribution >= 4 is 45.7 Å². The maximum Gasteiger partial charge on any atom is 0.255 e. The van der Waals surface area contributed by atoms with Gasteiger partial charge in [0.2, 0.25) is 5.91 Å². The van der Waals surface area contributed by atoms with E-state index in [-0.39, 0.29) is 17.6 Å². The van der Waals surface area contributed by atoms with Crippen LogP contribution in [0.2, 0.25) is 0 Å². The number of carbonyl (C=O) groups excluding carboxylic acids is 2. The lowest BCUT2D eigenvalue weighted by Crippen LogP contribution is -2.14. The van der Waals surface area contributed by atoms with Gasteiger partial charge in [0, 0.05) is 27.1 Å². The molecule has 0 aliphatic rings. The molecular weight excluding hydrogens is 510 g/mol. The second kappa shape index (κ2) is 12.3. The SMILES string of the molecule is COc1cccc(C(=O)Nc2cccc(SCC(=O)Nc3nc(-c4ccc(OC)c(OC)c4)cs3)c2)c1.